The first-order valence-electron chi connectivity index (χ1n) is 6.54. The highest BCUT2D eigenvalue weighted by molar-refractivity contribution is 6.04. The number of aryl methyl sites for hydroxylation is 3. The van der Waals surface area contributed by atoms with Gasteiger partial charge in [0.15, 0.2) is 0 Å². The summed E-state index contributed by atoms with van der Waals surface area (Å²) >= 11 is 0. The van der Waals surface area contributed by atoms with E-state index in [0.29, 0.717) is 5.56 Å². The highest BCUT2D eigenvalue weighted by atomic mass is 16.5. The van der Waals surface area contributed by atoms with Gasteiger partial charge in [-0.2, -0.15) is 0 Å². The molecule has 20 heavy (non-hydrogen) atoms. The summed E-state index contributed by atoms with van der Waals surface area (Å²) in [4.78, 5) is 12.2. The number of benzene rings is 2. The Balaban J connectivity index is 2.19. The number of amides is 1. The molecule has 1 N–H and O–H groups in total. The quantitative estimate of drug-likeness (QED) is 0.918. The van der Waals surface area contributed by atoms with Crippen molar-refractivity contribution in [1.82, 2.24) is 0 Å². The summed E-state index contributed by atoms with van der Waals surface area (Å²) < 4.78 is 5.20. The van der Waals surface area contributed by atoms with Crippen LogP contribution in [0.25, 0.3) is 0 Å². The summed E-state index contributed by atoms with van der Waals surface area (Å²) in [6, 6.07) is 11.3. The maximum Gasteiger partial charge on any atom is 0.255 e. The fourth-order valence-corrected chi connectivity index (χ4v) is 2.04. The van der Waals surface area contributed by atoms with Crippen LogP contribution in [0.4, 0.5) is 5.69 Å². The molecule has 0 spiro atoms. The van der Waals surface area contributed by atoms with Crippen molar-refractivity contribution in [1.29, 1.82) is 0 Å². The third-order valence-electron chi connectivity index (χ3n) is 3.42. The van der Waals surface area contributed by atoms with E-state index in [0.717, 1.165) is 22.6 Å². The van der Waals surface area contributed by atoms with Crippen LogP contribution in [0, 0.1) is 20.8 Å². The lowest BCUT2D eigenvalue weighted by Gasteiger charge is -2.09. The van der Waals surface area contributed by atoms with Gasteiger partial charge in [0.2, 0.25) is 0 Å². The summed E-state index contributed by atoms with van der Waals surface area (Å²) in [6.45, 7) is 6.00. The maximum absolute atomic E-state index is 12.2. The van der Waals surface area contributed by atoms with Crippen molar-refractivity contribution in [3.8, 4) is 5.75 Å². The molecule has 0 atom stereocenters. The van der Waals surface area contributed by atoms with E-state index in [1.165, 1.54) is 5.56 Å². The minimum Gasteiger partial charge on any atom is -0.496 e. The summed E-state index contributed by atoms with van der Waals surface area (Å²) in [5, 5.41) is 2.91. The first kappa shape index (κ1) is 14.1. The average Bonchev–Trinajstić information content (AvgIpc) is 2.42. The van der Waals surface area contributed by atoms with Gasteiger partial charge < -0.3 is 10.1 Å². The van der Waals surface area contributed by atoms with Gasteiger partial charge >= 0.3 is 0 Å². The fourth-order valence-electron chi connectivity index (χ4n) is 2.04. The molecule has 0 aliphatic rings. The van der Waals surface area contributed by atoms with E-state index in [4.69, 9.17) is 4.74 Å². The largest absolute Gasteiger partial charge is 0.496 e. The number of anilines is 1. The lowest BCUT2D eigenvalue weighted by molar-refractivity contribution is 0.102. The molecule has 2 aromatic carbocycles. The molecule has 0 unspecified atom stereocenters. The van der Waals surface area contributed by atoms with Crippen molar-refractivity contribution >= 4 is 11.6 Å². The topological polar surface area (TPSA) is 38.3 Å². The Kier molecular flexibility index (Phi) is 4.08. The first-order chi connectivity index (χ1) is 9.51. The van der Waals surface area contributed by atoms with Crippen molar-refractivity contribution in [3.63, 3.8) is 0 Å². The molecule has 0 aliphatic heterocycles. The molecule has 0 saturated carbocycles. The zero-order valence-corrected chi connectivity index (χ0v) is 12.3. The van der Waals surface area contributed by atoms with Crippen LogP contribution in [0.15, 0.2) is 36.4 Å². The van der Waals surface area contributed by atoms with Crippen LogP contribution in [-0.4, -0.2) is 13.0 Å². The van der Waals surface area contributed by atoms with Gasteiger partial charge in [0, 0.05) is 11.3 Å². The molecule has 104 valence electrons. The predicted molar refractivity (Wildman–Crippen MR) is 81.6 cm³/mol. The Labute approximate surface area is 119 Å². The van der Waals surface area contributed by atoms with Gasteiger partial charge in [-0.1, -0.05) is 6.07 Å². The van der Waals surface area contributed by atoms with Gasteiger partial charge in [-0.3, -0.25) is 4.79 Å². The van der Waals surface area contributed by atoms with E-state index in [9.17, 15) is 4.79 Å². The molecular formula is C17H19NO2. The second kappa shape index (κ2) is 5.78. The van der Waals surface area contributed by atoms with E-state index in [2.05, 4.69) is 5.32 Å². The second-order valence-corrected chi connectivity index (χ2v) is 4.94. The average molecular weight is 269 g/mol. The lowest BCUT2D eigenvalue weighted by atomic mass is 10.1. The van der Waals surface area contributed by atoms with Crippen LogP contribution in [-0.2, 0) is 0 Å². The predicted octanol–water partition coefficient (Wildman–Crippen LogP) is 3.87. The standard InChI is InChI=1S/C17H19NO2/c1-11-5-7-15(10-12(11)2)18-17(19)14-6-8-16(20-4)13(3)9-14/h5-10H,1-4H3,(H,18,19). The van der Waals surface area contributed by atoms with E-state index >= 15 is 0 Å². The summed E-state index contributed by atoms with van der Waals surface area (Å²) in [5.41, 5.74) is 4.75. The van der Waals surface area contributed by atoms with Crippen LogP contribution in [0.1, 0.15) is 27.0 Å². The molecule has 0 aliphatic carbocycles. The van der Waals surface area contributed by atoms with Gasteiger partial charge in [-0.15, -0.1) is 0 Å². The number of hydrogen-bond acceptors (Lipinski definition) is 2. The van der Waals surface area contributed by atoms with E-state index in [-0.39, 0.29) is 5.91 Å². The first-order valence-corrected chi connectivity index (χ1v) is 6.54. The minimum atomic E-state index is -0.112. The van der Waals surface area contributed by atoms with Crippen LogP contribution < -0.4 is 10.1 Å². The summed E-state index contributed by atoms with van der Waals surface area (Å²) in [7, 11) is 1.62. The maximum atomic E-state index is 12.2. The van der Waals surface area contributed by atoms with Crippen LogP contribution in [0.2, 0.25) is 0 Å². The SMILES string of the molecule is COc1ccc(C(=O)Nc2ccc(C)c(C)c2)cc1C. The Morgan fingerprint density at radius 3 is 2.30 bits per heavy atom. The molecule has 0 radical (unpaired) electrons. The molecule has 1 amide bonds. The fraction of sp³-hybridized carbons (Fsp3) is 0.235. The number of hydrogen-bond donors (Lipinski definition) is 1. The van der Waals surface area contributed by atoms with E-state index in [1.807, 2.05) is 51.1 Å². The van der Waals surface area contributed by atoms with Crippen molar-refractivity contribution in [2.24, 2.45) is 0 Å². The van der Waals surface area contributed by atoms with Crippen LogP contribution in [0.3, 0.4) is 0 Å². The number of carbonyl (C=O) groups is 1. The van der Waals surface area contributed by atoms with Crippen LogP contribution >= 0.6 is 0 Å². The zero-order valence-electron chi connectivity index (χ0n) is 12.3. The Bertz CT molecular complexity index is 647. The lowest BCUT2D eigenvalue weighted by Crippen LogP contribution is -2.12. The zero-order chi connectivity index (χ0) is 14.7. The van der Waals surface area contributed by atoms with Gasteiger partial charge in [-0.25, -0.2) is 0 Å². The molecular weight excluding hydrogens is 250 g/mol. The number of nitrogens with one attached hydrogen (secondary N) is 1. The molecule has 3 nitrogen and oxygen atoms in total. The number of methoxy groups -OCH3 is 1. The molecule has 2 aromatic rings. The Morgan fingerprint density at radius 1 is 0.950 bits per heavy atom. The highest BCUT2D eigenvalue weighted by Gasteiger charge is 2.08. The van der Waals surface area contributed by atoms with Crippen molar-refractivity contribution in [2.45, 2.75) is 20.8 Å². The monoisotopic (exact) mass is 269 g/mol. The normalized spacial score (nSPS) is 10.2. The smallest absolute Gasteiger partial charge is 0.255 e. The third kappa shape index (κ3) is 2.99. The van der Waals surface area contributed by atoms with Crippen molar-refractivity contribution in [2.75, 3.05) is 12.4 Å². The highest BCUT2D eigenvalue weighted by Crippen LogP contribution is 2.20. The van der Waals surface area contributed by atoms with Crippen molar-refractivity contribution < 1.29 is 9.53 Å². The molecule has 0 bridgehead atoms. The second-order valence-electron chi connectivity index (χ2n) is 4.94. The molecule has 2 rings (SSSR count). The van der Waals surface area contributed by atoms with E-state index < -0.39 is 0 Å². The van der Waals surface area contributed by atoms with E-state index in [1.54, 1.807) is 13.2 Å². The molecule has 3 heteroatoms. The summed E-state index contributed by atoms with van der Waals surface area (Å²) in [6.07, 6.45) is 0. The number of rotatable bonds is 3. The summed E-state index contributed by atoms with van der Waals surface area (Å²) in [5.74, 6) is 0.673. The molecule has 0 aromatic heterocycles. The Hall–Kier alpha value is -2.29. The minimum absolute atomic E-state index is 0.112. The Morgan fingerprint density at radius 2 is 1.70 bits per heavy atom. The molecule has 0 heterocycles. The number of carbonyl (C=O) groups excluding carboxylic acids is 1. The number of ether oxygens (including phenoxy) is 1. The van der Waals surface area contributed by atoms with Gasteiger partial charge in [-0.05, 0) is 67.8 Å². The van der Waals surface area contributed by atoms with Crippen LogP contribution in [0.5, 0.6) is 5.75 Å². The van der Waals surface area contributed by atoms with Gasteiger partial charge in [0.05, 0.1) is 7.11 Å². The molecule has 0 saturated heterocycles. The van der Waals surface area contributed by atoms with Gasteiger partial charge in [0.25, 0.3) is 5.91 Å². The third-order valence-corrected chi connectivity index (χ3v) is 3.42. The van der Waals surface area contributed by atoms with Gasteiger partial charge in [0.1, 0.15) is 5.75 Å². The molecule has 0 fully saturated rings. The van der Waals surface area contributed by atoms with Crippen molar-refractivity contribution in [3.05, 3.63) is 58.7 Å².